The number of aromatic hydroxyl groups is 1. The van der Waals surface area contributed by atoms with Crippen LogP contribution in [0.25, 0.3) is 32.9 Å². The zero-order chi connectivity index (χ0) is 20.8. The van der Waals surface area contributed by atoms with E-state index in [1.165, 1.54) is 0 Å². The second-order valence-corrected chi connectivity index (χ2v) is 7.07. The summed E-state index contributed by atoms with van der Waals surface area (Å²) in [5.74, 6) is -0.225. The number of imide groups is 1. The van der Waals surface area contributed by atoms with Crippen LogP contribution in [0.2, 0.25) is 0 Å². The topological polar surface area (TPSA) is 101 Å². The molecule has 0 atom stereocenters. The van der Waals surface area contributed by atoms with Crippen molar-refractivity contribution in [3.63, 3.8) is 0 Å². The van der Waals surface area contributed by atoms with Gasteiger partial charge in [-0.3, -0.25) is 14.9 Å². The van der Waals surface area contributed by atoms with Gasteiger partial charge in [0.1, 0.15) is 18.1 Å². The van der Waals surface area contributed by atoms with E-state index in [0.29, 0.717) is 57.5 Å². The summed E-state index contributed by atoms with van der Waals surface area (Å²) in [5.41, 5.74) is 3.37. The van der Waals surface area contributed by atoms with Gasteiger partial charge in [-0.2, -0.15) is 0 Å². The molecule has 7 nitrogen and oxygen atoms in total. The van der Waals surface area contributed by atoms with Gasteiger partial charge < -0.3 is 19.6 Å². The number of ether oxygens (including phenoxy) is 2. The lowest BCUT2D eigenvalue weighted by molar-refractivity contribution is 0.0880. The molecule has 4 aromatic rings. The lowest BCUT2D eigenvalue weighted by atomic mass is 9.92. The molecule has 0 radical (unpaired) electrons. The van der Waals surface area contributed by atoms with E-state index >= 15 is 0 Å². The SMILES string of the molecule is COCCOc1ccccc1-c1cc2[nH]c3ccc(O)cc3c2c2c1C(=O)NC2=O. The Morgan fingerprint density at radius 1 is 0.900 bits per heavy atom. The first kappa shape index (κ1) is 18.2. The van der Waals surface area contributed by atoms with Gasteiger partial charge in [-0.1, -0.05) is 18.2 Å². The summed E-state index contributed by atoms with van der Waals surface area (Å²) in [4.78, 5) is 28.8. The fraction of sp³-hybridized carbons (Fsp3) is 0.130. The average Bonchev–Trinajstić information content (AvgIpc) is 3.24. The number of carbonyl (C=O) groups is 2. The molecule has 0 saturated heterocycles. The summed E-state index contributed by atoms with van der Waals surface area (Å²) in [6, 6.07) is 14.1. The molecule has 0 spiro atoms. The van der Waals surface area contributed by atoms with Crippen molar-refractivity contribution in [2.24, 2.45) is 0 Å². The third-order valence-corrected chi connectivity index (χ3v) is 5.27. The molecule has 3 aromatic carbocycles. The summed E-state index contributed by atoms with van der Waals surface area (Å²) < 4.78 is 10.9. The lowest BCUT2D eigenvalue weighted by Crippen LogP contribution is -2.20. The van der Waals surface area contributed by atoms with E-state index in [4.69, 9.17) is 9.47 Å². The number of fused-ring (bicyclic) bond motifs is 5. The molecular formula is C23H18N2O5. The van der Waals surface area contributed by atoms with Gasteiger partial charge in [0.15, 0.2) is 0 Å². The van der Waals surface area contributed by atoms with Crippen LogP contribution in [0.4, 0.5) is 0 Å². The Kier molecular flexibility index (Phi) is 4.18. The second kappa shape index (κ2) is 6.89. The van der Waals surface area contributed by atoms with E-state index in [9.17, 15) is 14.7 Å². The fourth-order valence-corrected chi connectivity index (χ4v) is 4.01. The van der Waals surface area contributed by atoms with E-state index in [1.807, 2.05) is 30.3 Å². The van der Waals surface area contributed by atoms with E-state index < -0.39 is 11.8 Å². The molecule has 3 N–H and O–H groups in total. The molecule has 2 heterocycles. The lowest BCUT2D eigenvalue weighted by Gasteiger charge is -2.14. The minimum atomic E-state index is -0.455. The molecule has 5 rings (SSSR count). The largest absolute Gasteiger partial charge is 0.508 e. The molecular weight excluding hydrogens is 384 g/mol. The predicted octanol–water partition coefficient (Wildman–Crippen LogP) is 3.60. The minimum absolute atomic E-state index is 0.0860. The number of carbonyl (C=O) groups excluding carboxylic acids is 2. The van der Waals surface area contributed by atoms with E-state index in [-0.39, 0.29) is 5.75 Å². The molecule has 0 bridgehead atoms. The Balaban J connectivity index is 1.81. The number of benzene rings is 3. The molecule has 7 heteroatoms. The standard InChI is InChI=1S/C23H18N2O5/c1-29-8-9-30-18-5-3-2-4-13(18)14-11-17-19(21-20(14)22(27)25-23(21)28)15-10-12(26)6-7-16(15)24-17/h2-7,10-11,24,26H,8-9H2,1H3,(H,25,27,28). The number of hydrogen-bond acceptors (Lipinski definition) is 5. The van der Waals surface area contributed by atoms with Gasteiger partial charge in [-0.15, -0.1) is 0 Å². The number of methoxy groups -OCH3 is 1. The first-order valence-electron chi connectivity index (χ1n) is 9.46. The summed E-state index contributed by atoms with van der Waals surface area (Å²) in [6.45, 7) is 0.782. The Morgan fingerprint density at radius 3 is 2.53 bits per heavy atom. The molecule has 1 aromatic heterocycles. The Bertz CT molecular complexity index is 1340. The zero-order valence-corrected chi connectivity index (χ0v) is 16.1. The van der Waals surface area contributed by atoms with Crippen molar-refractivity contribution in [2.75, 3.05) is 20.3 Å². The molecule has 0 fully saturated rings. The van der Waals surface area contributed by atoms with Crippen molar-refractivity contribution < 1.29 is 24.2 Å². The van der Waals surface area contributed by atoms with Crippen molar-refractivity contribution in [3.8, 4) is 22.6 Å². The molecule has 2 amide bonds. The highest BCUT2D eigenvalue weighted by molar-refractivity contribution is 6.32. The van der Waals surface area contributed by atoms with Crippen LogP contribution in [0.1, 0.15) is 20.7 Å². The second-order valence-electron chi connectivity index (χ2n) is 7.07. The fourth-order valence-electron chi connectivity index (χ4n) is 4.01. The minimum Gasteiger partial charge on any atom is -0.508 e. The number of para-hydroxylation sites is 1. The highest BCUT2D eigenvalue weighted by Gasteiger charge is 2.34. The Morgan fingerprint density at radius 2 is 1.70 bits per heavy atom. The molecule has 0 aliphatic carbocycles. The zero-order valence-electron chi connectivity index (χ0n) is 16.1. The normalized spacial score (nSPS) is 13.1. The van der Waals surface area contributed by atoms with Gasteiger partial charge in [-0.25, -0.2) is 0 Å². The van der Waals surface area contributed by atoms with Gasteiger partial charge in [0, 0.05) is 40.0 Å². The summed E-state index contributed by atoms with van der Waals surface area (Å²) in [6.07, 6.45) is 0. The molecule has 1 aliphatic heterocycles. The van der Waals surface area contributed by atoms with E-state index in [1.54, 1.807) is 25.3 Å². The third-order valence-electron chi connectivity index (χ3n) is 5.27. The Hall–Kier alpha value is -3.84. The Labute approximate surface area is 171 Å². The number of nitrogens with one attached hydrogen (secondary N) is 2. The number of aromatic amines is 1. The maximum absolute atomic E-state index is 12.8. The first-order chi connectivity index (χ1) is 14.6. The molecule has 0 unspecified atom stereocenters. The number of H-pyrrole nitrogens is 1. The quantitative estimate of drug-likeness (QED) is 0.350. The summed E-state index contributed by atoms with van der Waals surface area (Å²) >= 11 is 0. The van der Waals surface area contributed by atoms with E-state index in [0.717, 1.165) is 5.52 Å². The van der Waals surface area contributed by atoms with Crippen LogP contribution in [0, 0.1) is 0 Å². The highest BCUT2D eigenvalue weighted by atomic mass is 16.5. The predicted molar refractivity (Wildman–Crippen MR) is 112 cm³/mol. The smallest absolute Gasteiger partial charge is 0.259 e. The van der Waals surface area contributed by atoms with Crippen molar-refractivity contribution in [3.05, 3.63) is 59.7 Å². The van der Waals surface area contributed by atoms with Gasteiger partial charge in [-0.05, 0) is 30.3 Å². The van der Waals surface area contributed by atoms with Crippen molar-refractivity contribution >= 4 is 33.6 Å². The van der Waals surface area contributed by atoms with Crippen LogP contribution >= 0.6 is 0 Å². The van der Waals surface area contributed by atoms with Crippen LogP contribution in [0.15, 0.2) is 48.5 Å². The number of hydrogen-bond donors (Lipinski definition) is 3. The molecule has 1 aliphatic rings. The van der Waals surface area contributed by atoms with Gasteiger partial charge in [0.25, 0.3) is 11.8 Å². The molecule has 0 saturated carbocycles. The number of phenolic OH excluding ortho intramolecular Hbond substituents is 1. The van der Waals surface area contributed by atoms with Gasteiger partial charge in [0.05, 0.1) is 17.7 Å². The van der Waals surface area contributed by atoms with Crippen molar-refractivity contribution in [2.45, 2.75) is 0 Å². The van der Waals surface area contributed by atoms with Crippen LogP contribution in [0.3, 0.4) is 0 Å². The summed E-state index contributed by atoms with van der Waals surface area (Å²) in [5, 5.41) is 13.6. The highest BCUT2D eigenvalue weighted by Crippen LogP contribution is 2.41. The first-order valence-corrected chi connectivity index (χ1v) is 9.46. The number of amides is 2. The number of rotatable bonds is 5. The maximum Gasteiger partial charge on any atom is 0.259 e. The van der Waals surface area contributed by atoms with Gasteiger partial charge in [0.2, 0.25) is 0 Å². The van der Waals surface area contributed by atoms with Gasteiger partial charge >= 0.3 is 0 Å². The number of phenols is 1. The maximum atomic E-state index is 12.8. The van der Waals surface area contributed by atoms with Crippen molar-refractivity contribution in [1.82, 2.24) is 10.3 Å². The average molecular weight is 402 g/mol. The van der Waals surface area contributed by atoms with Crippen LogP contribution in [0.5, 0.6) is 11.5 Å². The third kappa shape index (κ3) is 2.71. The monoisotopic (exact) mass is 402 g/mol. The molecule has 30 heavy (non-hydrogen) atoms. The van der Waals surface area contributed by atoms with E-state index in [2.05, 4.69) is 10.3 Å². The van der Waals surface area contributed by atoms with Crippen molar-refractivity contribution in [1.29, 1.82) is 0 Å². The van der Waals surface area contributed by atoms with Crippen LogP contribution in [-0.2, 0) is 4.74 Å². The van der Waals surface area contributed by atoms with Crippen LogP contribution in [-0.4, -0.2) is 42.2 Å². The summed E-state index contributed by atoms with van der Waals surface area (Å²) in [7, 11) is 1.60. The molecule has 150 valence electrons. The van der Waals surface area contributed by atoms with Crippen LogP contribution < -0.4 is 10.1 Å². The number of aromatic nitrogens is 1.